The average molecular weight is 390 g/mol. The van der Waals surface area contributed by atoms with Crippen molar-refractivity contribution < 1.29 is 9.84 Å². The van der Waals surface area contributed by atoms with Crippen LogP contribution in [0, 0.1) is 13.8 Å². The second-order valence-electron chi connectivity index (χ2n) is 8.84. The number of aliphatic hydroxyl groups excluding tert-OH is 1. The van der Waals surface area contributed by atoms with Crippen LogP contribution >= 0.6 is 0 Å². The highest BCUT2D eigenvalue weighted by Crippen LogP contribution is 2.38. The van der Waals surface area contributed by atoms with Crippen molar-refractivity contribution in [1.82, 2.24) is 14.7 Å². The van der Waals surface area contributed by atoms with Gasteiger partial charge in [-0.2, -0.15) is 0 Å². The van der Waals surface area contributed by atoms with Gasteiger partial charge in [0.25, 0.3) is 0 Å². The molecule has 3 rings (SSSR count). The van der Waals surface area contributed by atoms with Crippen molar-refractivity contribution in [2.75, 3.05) is 53.5 Å². The third-order valence-electron chi connectivity index (χ3n) is 6.96. The zero-order chi connectivity index (χ0) is 20.3. The van der Waals surface area contributed by atoms with Gasteiger partial charge in [-0.05, 0) is 83.4 Å². The maximum atomic E-state index is 8.95. The molecular weight excluding hydrogens is 350 g/mol. The van der Waals surface area contributed by atoms with Crippen LogP contribution in [-0.2, 0) is 0 Å². The molecule has 5 heteroatoms. The lowest BCUT2D eigenvalue weighted by atomic mass is 9.96. The fourth-order valence-electron chi connectivity index (χ4n) is 4.92. The van der Waals surface area contributed by atoms with Gasteiger partial charge in [0.2, 0.25) is 0 Å². The van der Waals surface area contributed by atoms with E-state index in [-0.39, 0.29) is 6.61 Å². The SMILES string of the molecule is Cc1c(OCCCCN(C)CCO)ccc([C@H](C)N2CC3CC2CN3C)c1C. The normalized spacial score (nSPS) is 23.7. The maximum absolute atomic E-state index is 8.95. The number of piperazine rings is 1. The second-order valence-corrected chi connectivity index (χ2v) is 8.84. The molecule has 2 aliphatic rings. The number of aliphatic hydroxyl groups is 1. The van der Waals surface area contributed by atoms with E-state index in [9.17, 15) is 0 Å². The van der Waals surface area contributed by atoms with Gasteiger partial charge in [0.1, 0.15) is 5.75 Å². The Labute approximate surface area is 171 Å². The Balaban J connectivity index is 1.53. The molecule has 1 aromatic carbocycles. The van der Waals surface area contributed by atoms with Crippen molar-refractivity contribution in [3.05, 3.63) is 28.8 Å². The molecule has 2 unspecified atom stereocenters. The first-order valence-electron chi connectivity index (χ1n) is 10.9. The highest BCUT2D eigenvalue weighted by molar-refractivity contribution is 5.45. The van der Waals surface area contributed by atoms with Gasteiger partial charge in [-0.3, -0.25) is 4.90 Å². The topological polar surface area (TPSA) is 39.2 Å². The average Bonchev–Trinajstić information content (AvgIpc) is 3.24. The van der Waals surface area contributed by atoms with E-state index < -0.39 is 0 Å². The van der Waals surface area contributed by atoms with Crippen molar-refractivity contribution in [3.63, 3.8) is 0 Å². The molecule has 5 nitrogen and oxygen atoms in total. The number of hydrogen-bond acceptors (Lipinski definition) is 5. The molecule has 0 spiro atoms. The smallest absolute Gasteiger partial charge is 0.122 e. The third kappa shape index (κ3) is 4.70. The zero-order valence-electron chi connectivity index (χ0n) is 18.4. The van der Waals surface area contributed by atoms with Crippen LogP contribution in [0.3, 0.4) is 0 Å². The van der Waals surface area contributed by atoms with Gasteiger partial charge in [0.15, 0.2) is 0 Å². The van der Waals surface area contributed by atoms with Crippen LogP contribution < -0.4 is 4.74 Å². The predicted octanol–water partition coefficient (Wildman–Crippen LogP) is 2.84. The summed E-state index contributed by atoms with van der Waals surface area (Å²) in [6, 6.07) is 6.38. The Morgan fingerprint density at radius 3 is 2.57 bits per heavy atom. The van der Waals surface area contributed by atoms with Crippen molar-refractivity contribution in [2.45, 2.75) is 58.2 Å². The number of likely N-dealkylation sites (tertiary alicyclic amines) is 2. The lowest BCUT2D eigenvalue weighted by molar-refractivity contribution is 0.113. The van der Waals surface area contributed by atoms with Gasteiger partial charge < -0.3 is 19.6 Å². The van der Waals surface area contributed by atoms with E-state index in [0.717, 1.165) is 44.3 Å². The largest absolute Gasteiger partial charge is 0.493 e. The van der Waals surface area contributed by atoms with Gasteiger partial charge >= 0.3 is 0 Å². The number of likely N-dealkylation sites (N-methyl/N-ethyl adjacent to an activating group) is 2. The zero-order valence-corrected chi connectivity index (χ0v) is 18.4. The Kier molecular flexibility index (Phi) is 7.37. The van der Waals surface area contributed by atoms with E-state index >= 15 is 0 Å². The number of nitrogens with zero attached hydrogens (tertiary/aromatic N) is 3. The Hall–Kier alpha value is -1.14. The number of benzene rings is 1. The standard InChI is InChI=1S/C23H39N3O2/c1-17-18(2)23(28-13-7-6-10-24(4)11-12-27)9-8-22(17)19(3)26-16-20-14-21(26)15-25(20)5/h8-9,19-21,27H,6-7,10-16H2,1-5H3/t19-,20?,21?/m0/s1. The van der Waals surface area contributed by atoms with Gasteiger partial charge in [0, 0.05) is 37.8 Å². The summed E-state index contributed by atoms with van der Waals surface area (Å²) in [5.74, 6) is 1.03. The minimum absolute atomic E-state index is 0.228. The van der Waals surface area contributed by atoms with Crippen molar-refractivity contribution >= 4 is 0 Å². The Morgan fingerprint density at radius 1 is 1.14 bits per heavy atom. The molecule has 3 atom stereocenters. The van der Waals surface area contributed by atoms with Crippen molar-refractivity contribution in [1.29, 1.82) is 0 Å². The molecule has 0 aromatic heterocycles. The van der Waals surface area contributed by atoms with Crippen LogP contribution in [-0.4, -0.2) is 85.4 Å². The number of ether oxygens (including phenoxy) is 1. The van der Waals surface area contributed by atoms with Gasteiger partial charge in [0.05, 0.1) is 13.2 Å². The monoisotopic (exact) mass is 389 g/mol. The molecule has 158 valence electrons. The quantitative estimate of drug-likeness (QED) is 0.623. The first-order chi connectivity index (χ1) is 13.4. The summed E-state index contributed by atoms with van der Waals surface area (Å²) < 4.78 is 6.09. The summed E-state index contributed by atoms with van der Waals surface area (Å²) in [6.45, 7) is 11.9. The van der Waals surface area contributed by atoms with Crippen molar-refractivity contribution in [3.8, 4) is 5.75 Å². The molecule has 2 saturated heterocycles. The Morgan fingerprint density at radius 2 is 1.93 bits per heavy atom. The van der Waals surface area contributed by atoms with E-state index in [1.165, 1.54) is 36.2 Å². The maximum Gasteiger partial charge on any atom is 0.122 e. The van der Waals surface area contributed by atoms with Gasteiger partial charge in [-0.1, -0.05) is 6.07 Å². The molecule has 2 aliphatic heterocycles. The number of rotatable bonds is 10. The summed E-state index contributed by atoms with van der Waals surface area (Å²) in [7, 11) is 4.31. The lowest BCUT2D eigenvalue weighted by Crippen LogP contribution is -2.45. The van der Waals surface area contributed by atoms with Crippen LogP contribution in [0.2, 0.25) is 0 Å². The van der Waals surface area contributed by atoms with Crippen LogP contribution in [0.5, 0.6) is 5.75 Å². The van der Waals surface area contributed by atoms with Crippen LogP contribution in [0.15, 0.2) is 12.1 Å². The molecule has 0 radical (unpaired) electrons. The molecular formula is C23H39N3O2. The molecule has 2 fully saturated rings. The molecule has 28 heavy (non-hydrogen) atoms. The number of hydrogen-bond donors (Lipinski definition) is 1. The summed E-state index contributed by atoms with van der Waals surface area (Å²) in [6.07, 6.45) is 3.46. The molecule has 1 aromatic rings. The number of unbranched alkanes of at least 4 members (excludes halogenated alkanes) is 1. The van der Waals surface area contributed by atoms with Gasteiger partial charge in [-0.25, -0.2) is 0 Å². The van der Waals surface area contributed by atoms with E-state index in [1.54, 1.807) is 0 Å². The molecule has 2 bridgehead atoms. The molecule has 1 N–H and O–H groups in total. The highest BCUT2D eigenvalue weighted by atomic mass is 16.5. The summed E-state index contributed by atoms with van der Waals surface area (Å²) in [4.78, 5) is 7.38. The second kappa shape index (κ2) is 9.57. The highest BCUT2D eigenvalue weighted by Gasteiger charge is 2.43. The lowest BCUT2D eigenvalue weighted by Gasteiger charge is -2.37. The van der Waals surface area contributed by atoms with E-state index in [2.05, 4.69) is 61.7 Å². The summed E-state index contributed by atoms with van der Waals surface area (Å²) >= 11 is 0. The molecule has 0 saturated carbocycles. The van der Waals surface area contributed by atoms with E-state index in [1.807, 2.05) is 0 Å². The molecule has 0 amide bonds. The first-order valence-corrected chi connectivity index (χ1v) is 10.9. The first kappa shape index (κ1) is 21.6. The number of fused-ring (bicyclic) bond motifs is 2. The van der Waals surface area contributed by atoms with Gasteiger partial charge in [-0.15, -0.1) is 0 Å². The van der Waals surface area contributed by atoms with E-state index in [4.69, 9.17) is 9.84 Å². The minimum atomic E-state index is 0.228. The minimum Gasteiger partial charge on any atom is -0.493 e. The van der Waals surface area contributed by atoms with Crippen molar-refractivity contribution in [2.24, 2.45) is 0 Å². The fraction of sp³-hybridized carbons (Fsp3) is 0.739. The predicted molar refractivity (Wildman–Crippen MR) is 115 cm³/mol. The summed E-state index contributed by atoms with van der Waals surface area (Å²) in [5, 5.41) is 8.95. The molecule has 2 heterocycles. The third-order valence-corrected chi connectivity index (χ3v) is 6.96. The Bertz CT molecular complexity index is 649. The fourth-order valence-corrected chi connectivity index (χ4v) is 4.92. The van der Waals surface area contributed by atoms with Crippen LogP contribution in [0.25, 0.3) is 0 Å². The van der Waals surface area contributed by atoms with Crippen LogP contribution in [0.4, 0.5) is 0 Å². The van der Waals surface area contributed by atoms with E-state index in [0.29, 0.717) is 12.1 Å². The molecule has 0 aliphatic carbocycles. The summed E-state index contributed by atoms with van der Waals surface area (Å²) in [5.41, 5.74) is 4.11. The van der Waals surface area contributed by atoms with Crippen LogP contribution in [0.1, 0.15) is 48.9 Å².